The number of sulfonamides is 1. The van der Waals surface area contributed by atoms with E-state index in [1.54, 1.807) is 30.3 Å². The highest BCUT2D eigenvalue weighted by Crippen LogP contribution is 2.27. The van der Waals surface area contributed by atoms with Gasteiger partial charge in [0.15, 0.2) is 0 Å². The van der Waals surface area contributed by atoms with Crippen molar-refractivity contribution in [2.45, 2.75) is 36.6 Å². The van der Waals surface area contributed by atoms with Gasteiger partial charge in [-0.25, -0.2) is 8.42 Å². The molecule has 1 heterocycles. The molecule has 2 aromatic carbocycles. The number of amides is 2. The number of carbonyl (C=O) groups excluding carboxylic acids is 2. The molecule has 2 N–H and O–H groups in total. The standard InChI is InChI=1S/C21H23Cl2N3O4S/c22-15-7-9-19(10-8-15)31(29,30)26-13-2-1-6-18(26)11-12-24-20(27)21(28)25-17-5-3-4-16(23)14-17/h3-5,7-10,14,18H,1-2,6,11-13H2,(H,24,27)(H,25,28). The van der Waals surface area contributed by atoms with Crippen LogP contribution in [0.3, 0.4) is 0 Å². The molecule has 1 saturated heterocycles. The second kappa shape index (κ2) is 10.5. The van der Waals surface area contributed by atoms with Crippen molar-refractivity contribution in [3.8, 4) is 0 Å². The molecule has 0 aromatic heterocycles. The number of anilines is 1. The van der Waals surface area contributed by atoms with Gasteiger partial charge in [0.1, 0.15) is 0 Å². The molecule has 31 heavy (non-hydrogen) atoms. The fraction of sp³-hybridized carbons (Fsp3) is 0.333. The van der Waals surface area contributed by atoms with Gasteiger partial charge in [0.05, 0.1) is 4.90 Å². The third-order valence-electron chi connectivity index (χ3n) is 5.05. The third-order valence-corrected chi connectivity index (χ3v) is 7.50. The van der Waals surface area contributed by atoms with Crippen LogP contribution in [0.5, 0.6) is 0 Å². The molecule has 10 heteroatoms. The summed E-state index contributed by atoms with van der Waals surface area (Å²) < 4.78 is 27.6. The van der Waals surface area contributed by atoms with Crippen molar-refractivity contribution in [1.29, 1.82) is 0 Å². The summed E-state index contributed by atoms with van der Waals surface area (Å²) in [5, 5.41) is 5.95. The zero-order valence-electron chi connectivity index (χ0n) is 16.7. The second-order valence-corrected chi connectivity index (χ2v) is 9.99. The van der Waals surface area contributed by atoms with Crippen LogP contribution >= 0.6 is 23.2 Å². The molecule has 1 unspecified atom stereocenters. The Hall–Kier alpha value is -2.13. The maximum atomic E-state index is 13.1. The molecule has 1 aliphatic rings. The van der Waals surface area contributed by atoms with Gasteiger partial charge in [0, 0.05) is 34.9 Å². The van der Waals surface area contributed by atoms with E-state index in [0.717, 1.165) is 12.8 Å². The molecule has 2 amide bonds. The van der Waals surface area contributed by atoms with E-state index in [2.05, 4.69) is 10.6 Å². The van der Waals surface area contributed by atoms with E-state index in [1.165, 1.54) is 22.5 Å². The van der Waals surface area contributed by atoms with Crippen molar-refractivity contribution in [3.63, 3.8) is 0 Å². The minimum Gasteiger partial charge on any atom is -0.348 e. The van der Waals surface area contributed by atoms with Crippen LogP contribution in [0.4, 0.5) is 5.69 Å². The van der Waals surface area contributed by atoms with Crippen molar-refractivity contribution in [2.75, 3.05) is 18.4 Å². The van der Waals surface area contributed by atoms with Gasteiger partial charge in [-0.05, 0) is 61.7 Å². The lowest BCUT2D eigenvalue weighted by Crippen LogP contribution is -2.45. The molecule has 0 saturated carbocycles. The van der Waals surface area contributed by atoms with Crippen LogP contribution < -0.4 is 10.6 Å². The van der Waals surface area contributed by atoms with Crippen molar-refractivity contribution in [1.82, 2.24) is 9.62 Å². The molecule has 7 nitrogen and oxygen atoms in total. The predicted molar refractivity (Wildman–Crippen MR) is 121 cm³/mol. The fourth-order valence-electron chi connectivity index (χ4n) is 3.51. The molecule has 1 fully saturated rings. The molecule has 0 spiro atoms. The second-order valence-electron chi connectivity index (χ2n) is 7.23. The minimum absolute atomic E-state index is 0.180. The number of rotatable bonds is 6. The molecule has 0 bridgehead atoms. The van der Waals surface area contributed by atoms with Gasteiger partial charge in [0.2, 0.25) is 10.0 Å². The van der Waals surface area contributed by atoms with E-state index in [-0.39, 0.29) is 17.5 Å². The maximum absolute atomic E-state index is 13.1. The van der Waals surface area contributed by atoms with Crippen molar-refractivity contribution in [3.05, 3.63) is 58.6 Å². The Morgan fingerprint density at radius 2 is 1.74 bits per heavy atom. The van der Waals surface area contributed by atoms with E-state index < -0.39 is 21.8 Å². The monoisotopic (exact) mass is 483 g/mol. The average molecular weight is 484 g/mol. The summed E-state index contributed by atoms with van der Waals surface area (Å²) in [5.74, 6) is -1.60. The van der Waals surface area contributed by atoms with Crippen molar-refractivity contribution >= 4 is 50.7 Å². The molecule has 166 valence electrons. The lowest BCUT2D eigenvalue weighted by molar-refractivity contribution is -0.136. The van der Waals surface area contributed by atoms with Crippen LogP contribution in [0.1, 0.15) is 25.7 Å². The Morgan fingerprint density at radius 1 is 1.00 bits per heavy atom. The number of halogens is 2. The summed E-state index contributed by atoms with van der Waals surface area (Å²) in [6.07, 6.45) is 2.78. The van der Waals surface area contributed by atoms with Gasteiger partial charge in [-0.3, -0.25) is 9.59 Å². The Labute approximate surface area is 191 Å². The number of piperidine rings is 1. The topological polar surface area (TPSA) is 95.6 Å². The van der Waals surface area contributed by atoms with Crippen molar-refractivity contribution in [2.24, 2.45) is 0 Å². The number of nitrogens with zero attached hydrogens (tertiary/aromatic N) is 1. The molecule has 2 aromatic rings. The summed E-state index contributed by atoms with van der Waals surface area (Å²) in [4.78, 5) is 24.4. The Morgan fingerprint density at radius 3 is 2.45 bits per heavy atom. The first-order valence-electron chi connectivity index (χ1n) is 9.89. The fourth-order valence-corrected chi connectivity index (χ4v) is 5.55. The normalized spacial score (nSPS) is 17.2. The average Bonchev–Trinajstić information content (AvgIpc) is 2.74. The smallest absolute Gasteiger partial charge is 0.313 e. The van der Waals surface area contributed by atoms with Crippen LogP contribution in [0.15, 0.2) is 53.4 Å². The van der Waals surface area contributed by atoms with E-state index >= 15 is 0 Å². The summed E-state index contributed by atoms with van der Waals surface area (Å²) in [7, 11) is -3.67. The molecular weight excluding hydrogens is 461 g/mol. The van der Waals surface area contributed by atoms with Crippen LogP contribution in [-0.2, 0) is 19.6 Å². The van der Waals surface area contributed by atoms with E-state index in [9.17, 15) is 18.0 Å². The van der Waals surface area contributed by atoms with Crippen LogP contribution in [0.25, 0.3) is 0 Å². The largest absolute Gasteiger partial charge is 0.348 e. The Balaban J connectivity index is 1.57. The summed E-state index contributed by atoms with van der Waals surface area (Å²) >= 11 is 11.7. The first-order chi connectivity index (χ1) is 14.8. The summed E-state index contributed by atoms with van der Waals surface area (Å²) in [6.45, 7) is 0.595. The molecule has 3 rings (SSSR count). The molecule has 0 aliphatic carbocycles. The first kappa shape index (κ1) is 23.5. The van der Waals surface area contributed by atoms with Crippen LogP contribution in [-0.4, -0.2) is 43.7 Å². The summed E-state index contributed by atoms with van der Waals surface area (Å²) in [6, 6.07) is 12.3. The Bertz CT molecular complexity index is 1040. The highest BCUT2D eigenvalue weighted by Gasteiger charge is 2.33. The SMILES string of the molecule is O=C(NCCC1CCCCN1S(=O)(=O)c1ccc(Cl)cc1)C(=O)Nc1cccc(Cl)c1. The van der Waals surface area contributed by atoms with E-state index in [0.29, 0.717) is 35.1 Å². The minimum atomic E-state index is -3.67. The summed E-state index contributed by atoms with van der Waals surface area (Å²) in [5.41, 5.74) is 0.417. The molecular formula is C21H23Cl2N3O4S. The first-order valence-corrected chi connectivity index (χ1v) is 12.1. The highest BCUT2D eigenvalue weighted by atomic mass is 35.5. The quantitative estimate of drug-likeness (QED) is 0.612. The molecule has 1 aliphatic heterocycles. The van der Waals surface area contributed by atoms with Gasteiger partial charge < -0.3 is 10.6 Å². The van der Waals surface area contributed by atoms with Gasteiger partial charge in [-0.15, -0.1) is 0 Å². The zero-order valence-corrected chi connectivity index (χ0v) is 19.0. The van der Waals surface area contributed by atoms with Crippen LogP contribution in [0, 0.1) is 0 Å². The number of hydrogen-bond donors (Lipinski definition) is 2. The predicted octanol–water partition coefficient (Wildman–Crippen LogP) is 3.68. The highest BCUT2D eigenvalue weighted by molar-refractivity contribution is 7.89. The number of benzene rings is 2. The lowest BCUT2D eigenvalue weighted by atomic mass is 10.0. The van der Waals surface area contributed by atoms with Gasteiger partial charge in [-0.2, -0.15) is 4.31 Å². The van der Waals surface area contributed by atoms with Gasteiger partial charge in [0.25, 0.3) is 0 Å². The van der Waals surface area contributed by atoms with Crippen LogP contribution in [0.2, 0.25) is 10.0 Å². The maximum Gasteiger partial charge on any atom is 0.313 e. The Kier molecular flexibility index (Phi) is 7.94. The van der Waals surface area contributed by atoms with Gasteiger partial charge >= 0.3 is 11.8 Å². The number of hydrogen-bond acceptors (Lipinski definition) is 4. The molecule has 1 atom stereocenters. The van der Waals surface area contributed by atoms with Gasteiger partial charge in [-0.1, -0.05) is 35.7 Å². The third kappa shape index (κ3) is 6.20. The van der Waals surface area contributed by atoms with E-state index in [4.69, 9.17) is 23.2 Å². The lowest BCUT2D eigenvalue weighted by Gasteiger charge is -2.34. The number of nitrogens with one attached hydrogen (secondary N) is 2. The molecule has 0 radical (unpaired) electrons. The van der Waals surface area contributed by atoms with E-state index in [1.807, 2.05) is 0 Å². The van der Waals surface area contributed by atoms with Crippen molar-refractivity contribution < 1.29 is 18.0 Å². The number of carbonyl (C=O) groups is 2. The zero-order chi connectivity index (χ0) is 22.4.